The number of carbonyl (C=O) groups is 1. The molecule has 1 saturated heterocycles. The van der Waals surface area contributed by atoms with Crippen LogP contribution in [0.3, 0.4) is 0 Å². The second-order valence-electron chi connectivity index (χ2n) is 8.89. The van der Waals surface area contributed by atoms with Crippen molar-refractivity contribution in [2.24, 2.45) is 10.7 Å². The van der Waals surface area contributed by atoms with Crippen molar-refractivity contribution in [1.82, 2.24) is 29.3 Å². The number of aliphatic imine (C=N–C) groups is 1. The second kappa shape index (κ2) is 11.3. The zero-order chi connectivity index (χ0) is 28.9. The lowest BCUT2D eigenvalue weighted by molar-refractivity contribution is -0.0474. The van der Waals surface area contributed by atoms with E-state index in [9.17, 15) is 14.6 Å². The van der Waals surface area contributed by atoms with E-state index in [-0.39, 0.29) is 55.1 Å². The maximum Gasteiger partial charge on any atom is 0.325 e. The largest absolute Gasteiger partial charge is 0.387 e. The Bertz CT molecular complexity index is 1600. The van der Waals surface area contributed by atoms with Crippen molar-refractivity contribution in [3.8, 4) is 10.7 Å². The minimum atomic E-state index is -4.16. The fourth-order valence-corrected chi connectivity index (χ4v) is 7.30. The van der Waals surface area contributed by atoms with Crippen molar-refractivity contribution >= 4 is 65.8 Å². The van der Waals surface area contributed by atoms with Crippen molar-refractivity contribution in [3.05, 3.63) is 29.6 Å². The van der Waals surface area contributed by atoms with Crippen LogP contribution in [-0.2, 0) is 59.6 Å². The summed E-state index contributed by atoms with van der Waals surface area (Å²) in [4.78, 5) is 51.3. The van der Waals surface area contributed by atoms with Gasteiger partial charge in [0.1, 0.15) is 24.7 Å². The first-order valence-corrected chi connectivity index (χ1v) is 17.9. The summed E-state index contributed by atoms with van der Waals surface area (Å²) in [5.74, 6) is 0.220. The summed E-state index contributed by atoms with van der Waals surface area (Å²) >= 11 is 11.6. The number of fused-ring (bicyclic) bond motifs is 4. The zero-order valence-corrected chi connectivity index (χ0v) is 24.9. The molecule has 3 aromatic heterocycles. The summed E-state index contributed by atoms with van der Waals surface area (Å²) in [7, 11) is 0. The molecule has 1 fully saturated rings. The van der Waals surface area contributed by atoms with Gasteiger partial charge in [-0.25, -0.2) is 24.0 Å². The molecule has 0 spiro atoms. The first-order valence-electron chi connectivity index (χ1n) is 11.8. The SMILES string of the molecule is NC1=Nc2c(ncn2C2O[C@@H]3COP(O)(=S)OCCn4nc(-c5cncs5)nc4COP(O)(=S)O[C@@H]2[C@@H]3F)C(=O)C1. The van der Waals surface area contributed by atoms with E-state index in [0.29, 0.717) is 10.7 Å². The predicted molar refractivity (Wildman–Crippen MR) is 147 cm³/mol. The number of carbonyl (C=O) groups excluding carboxylic acids is 1. The Morgan fingerprint density at radius 1 is 1.22 bits per heavy atom. The van der Waals surface area contributed by atoms with Crippen LogP contribution in [0.25, 0.3) is 10.7 Å². The lowest BCUT2D eigenvalue weighted by Gasteiger charge is -2.26. The first kappa shape index (κ1) is 29.2. The predicted octanol–water partition coefficient (Wildman–Crippen LogP) is 1.49. The minimum absolute atomic E-state index is 0.00817. The highest BCUT2D eigenvalue weighted by molar-refractivity contribution is 8.07. The molecule has 3 aromatic rings. The summed E-state index contributed by atoms with van der Waals surface area (Å²) in [6.45, 7) is -8.96. The molecule has 22 heteroatoms. The number of thiazole rings is 1. The average Bonchev–Trinajstić information content (AvgIpc) is 3.69. The molecule has 6 heterocycles. The number of Topliss-reactive ketones (excluding diaryl/α,β-unsaturated/α-hetero) is 1. The van der Waals surface area contributed by atoms with Gasteiger partial charge in [-0.05, 0) is 23.6 Å². The van der Waals surface area contributed by atoms with Gasteiger partial charge in [-0.3, -0.25) is 18.9 Å². The van der Waals surface area contributed by atoms with Crippen molar-refractivity contribution in [3.63, 3.8) is 0 Å². The Labute approximate surface area is 244 Å². The molecular weight excluding hydrogens is 645 g/mol. The molecule has 2 bridgehead atoms. The molecule has 0 aromatic carbocycles. The van der Waals surface area contributed by atoms with E-state index in [1.165, 1.54) is 26.9 Å². The van der Waals surface area contributed by atoms with E-state index in [1.54, 1.807) is 11.7 Å². The monoisotopic (exact) mass is 666 g/mol. The quantitative estimate of drug-likeness (QED) is 0.332. The summed E-state index contributed by atoms with van der Waals surface area (Å²) in [5.41, 5.74) is 7.42. The second-order valence-corrected chi connectivity index (χ2v) is 15.4. The molecule has 41 heavy (non-hydrogen) atoms. The smallest absolute Gasteiger partial charge is 0.325 e. The number of nitrogens with two attached hydrogens (primary N) is 1. The Morgan fingerprint density at radius 3 is 2.83 bits per heavy atom. The molecule has 220 valence electrons. The van der Waals surface area contributed by atoms with E-state index < -0.39 is 44.7 Å². The number of hydrogen-bond acceptors (Lipinski definition) is 15. The number of imidazole rings is 1. The van der Waals surface area contributed by atoms with E-state index in [2.05, 4.69) is 25.0 Å². The van der Waals surface area contributed by atoms with E-state index in [4.69, 9.17) is 52.2 Å². The third-order valence-electron chi connectivity index (χ3n) is 6.13. The number of ketones is 1. The number of nitrogens with zero attached hydrogens (tertiary/aromatic N) is 7. The average molecular weight is 667 g/mol. The summed E-state index contributed by atoms with van der Waals surface area (Å²) in [6.07, 6.45) is -3.60. The van der Waals surface area contributed by atoms with Crippen LogP contribution in [0.2, 0.25) is 0 Å². The van der Waals surface area contributed by atoms with E-state index in [0.717, 1.165) is 0 Å². The van der Waals surface area contributed by atoms with E-state index >= 15 is 4.39 Å². The summed E-state index contributed by atoms with van der Waals surface area (Å²) in [5, 5.41) is 4.41. The van der Waals surface area contributed by atoms with Crippen LogP contribution in [0, 0.1) is 0 Å². The normalized spacial score (nSPS) is 33.0. The van der Waals surface area contributed by atoms with Crippen molar-refractivity contribution < 1.29 is 41.8 Å². The lowest BCUT2D eigenvalue weighted by Crippen LogP contribution is -2.32. The summed E-state index contributed by atoms with van der Waals surface area (Å²) in [6, 6.07) is 0. The summed E-state index contributed by atoms with van der Waals surface area (Å²) < 4.78 is 46.4. The van der Waals surface area contributed by atoms with Gasteiger partial charge in [0.05, 0.1) is 42.9 Å². The molecule has 0 saturated carbocycles. The maximum absolute atomic E-state index is 15.8. The number of rotatable bonds is 2. The van der Waals surface area contributed by atoms with Gasteiger partial charge in [-0.15, -0.1) is 16.4 Å². The first-order chi connectivity index (χ1) is 19.5. The van der Waals surface area contributed by atoms with Crippen LogP contribution in [0.1, 0.15) is 29.0 Å². The van der Waals surface area contributed by atoms with Crippen molar-refractivity contribution in [1.29, 1.82) is 0 Å². The molecule has 0 aliphatic carbocycles. The third kappa shape index (κ3) is 6.11. The Morgan fingerprint density at radius 2 is 2.05 bits per heavy atom. The van der Waals surface area contributed by atoms with Crippen molar-refractivity contribution in [2.45, 2.75) is 44.2 Å². The van der Waals surface area contributed by atoms with Gasteiger partial charge >= 0.3 is 13.4 Å². The van der Waals surface area contributed by atoms with Gasteiger partial charge in [0.25, 0.3) is 0 Å². The highest BCUT2D eigenvalue weighted by atomic mass is 32.5. The maximum atomic E-state index is 15.8. The minimum Gasteiger partial charge on any atom is -0.387 e. The topological polar surface area (TPSA) is 203 Å². The highest BCUT2D eigenvalue weighted by Gasteiger charge is 2.51. The van der Waals surface area contributed by atoms with Crippen LogP contribution < -0.4 is 5.73 Å². The molecule has 3 aliphatic heterocycles. The van der Waals surface area contributed by atoms with Gasteiger partial charge in [0, 0.05) is 6.20 Å². The molecule has 16 nitrogen and oxygen atoms in total. The molecular formula is C19H21FN8O8P2S3. The Balaban J connectivity index is 1.33. The van der Waals surface area contributed by atoms with Gasteiger partial charge in [0.2, 0.25) is 0 Å². The number of hydrogen-bond donors (Lipinski definition) is 3. The van der Waals surface area contributed by atoms with Crippen LogP contribution in [0.4, 0.5) is 10.2 Å². The standard InChI is InChI=1S/C19H21FN8O8P2S3/c20-14-10-5-33-37(30,39)32-2-1-28-13(25-17(26-28)11-4-22-8-41-11)6-34-38(31,40)36-16(14)19(35-10)27-7-23-15-9(29)3-12(21)24-18(15)27/h4,7-8,10,14,16,19H,1-3,5-6H2,(H2,21,24)(H,30,39)(H,31,40)/t10-,14-,16-,19?,37?,38?/m1/s1. The number of alkyl halides is 1. The molecule has 0 amide bonds. The van der Waals surface area contributed by atoms with Gasteiger partial charge in [-0.2, -0.15) is 0 Å². The highest BCUT2D eigenvalue weighted by Crippen LogP contribution is 2.52. The third-order valence-corrected chi connectivity index (χ3v) is 10.1. The number of amidine groups is 1. The van der Waals surface area contributed by atoms with Gasteiger partial charge < -0.3 is 33.8 Å². The van der Waals surface area contributed by atoms with Crippen LogP contribution in [0.15, 0.2) is 23.0 Å². The Hall–Kier alpha value is -1.93. The number of ether oxygens (including phenoxy) is 1. The fraction of sp³-hybridized carbons (Fsp3) is 0.474. The van der Waals surface area contributed by atoms with Gasteiger partial charge in [0.15, 0.2) is 41.3 Å². The van der Waals surface area contributed by atoms with Crippen LogP contribution >= 0.6 is 24.8 Å². The zero-order valence-electron chi connectivity index (χ0n) is 20.6. The van der Waals surface area contributed by atoms with Crippen LogP contribution in [-0.4, -0.2) is 82.3 Å². The number of halogens is 1. The number of aromatic nitrogens is 6. The molecule has 6 atom stereocenters. The lowest BCUT2D eigenvalue weighted by atomic mass is 10.1. The van der Waals surface area contributed by atoms with Gasteiger partial charge in [-0.1, -0.05) is 0 Å². The Kier molecular flexibility index (Phi) is 8.03. The van der Waals surface area contributed by atoms with Crippen molar-refractivity contribution in [2.75, 3.05) is 13.2 Å². The van der Waals surface area contributed by atoms with Crippen LogP contribution in [0.5, 0.6) is 0 Å². The fourth-order valence-electron chi connectivity index (χ4n) is 4.30. The molecule has 0 radical (unpaired) electrons. The van der Waals surface area contributed by atoms with E-state index in [1.807, 2.05) is 0 Å². The molecule has 4 N–H and O–H groups in total. The molecule has 3 aliphatic rings. The molecule has 6 rings (SSSR count). The molecule has 3 unspecified atom stereocenters.